The third-order valence-corrected chi connectivity index (χ3v) is 3.48. The first-order chi connectivity index (χ1) is 9.65. The zero-order valence-electron chi connectivity index (χ0n) is 10.9. The van der Waals surface area contributed by atoms with Crippen molar-refractivity contribution in [2.75, 3.05) is 0 Å². The Hall–Kier alpha value is -1.42. The number of nitrogens with zero attached hydrogens (tertiary/aromatic N) is 4. The Bertz CT molecular complexity index is 574. The molecule has 1 aromatic heterocycles. The lowest BCUT2D eigenvalue weighted by Crippen LogP contribution is -2.57. The van der Waals surface area contributed by atoms with Crippen molar-refractivity contribution in [1.82, 2.24) is 14.8 Å². The summed E-state index contributed by atoms with van der Waals surface area (Å²) in [6.07, 6.45) is -1.79. The molecule has 1 aromatic rings. The van der Waals surface area contributed by atoms with Gasteiger partial charge in [0.25, 0.3) is 5.72 Å². The Balaban J connectivity index is 2.13. The summed E-state index contributed by atoms with van der Waals surface area (Å²) in [6.45, 7) is 1.52. The van der Waals surface area contributed by atoms with Gasteiger partial charge in [0.05, 0.1) is 23.1 Å². The second-order valence-corrected chi connectivity index (χ2v) is 5.66. The van der Waals surface area contributed by atoms with Gasteiger partial charge in [0, 0.05) is 18.8 Å². The monoisotopic (exact) mass is 368 g/mol. The average molecular weight is 369 g/mol. The molecule has 21 heavy (non-hydrogen) atoms. The molecule has 0 spiro atoms. The smallest absolute Gasteiger partial charge is 0.362 e. The number of amides is 1. The molecule has 2 rings (SSSR count). The molecule has 1 aliphatic rings. The molecule has 1 N–H and O–H groups in total. The third kappa shape index (κ3) is 2.95. The van der Waals surface area contributed by atoms with Crippen LogP contribution < -0.4 is 0 Å². The molecule has 0 saturated carbocycles. The zero-order valence-corrected chi connectivity index (χ0v) is 12.5. The van der Waals surface area contributed by atoms with Gasteiger partial charge in [-0.05, 0) is 15.9 Å². The predicted molar refractivity (Wildman–Crippen MR) is 70.1 cm³/mol. The second-order valence-electron chi connectivity index (χ2n) is 4.75. The summed E-state index contributed by atoms with van der Waals surface area (Å²) in [7, 11) is 0. The Morgan fingerprint density at radius 1 is 1.62 bits per heavy atom. The number of rotatable bonds is 3. The lowest BCUT2D eigenvalue weighted by Gasteiger charge is -2.33. The van der Waals surface area contributed by atoms with Gasteiger partial charge in [-0.25, -0.2) is 0 Å². The van der Waals surface area contributed by atoms with E-state index in [1.54, 1.807) is 6.20 Å². The fourth-order valence-electron chi connectivity index (χ4n) is 1.91. The minimum atomic E-state index is -4.98. The maximum absolute atomic E-state index is 12.9. The molecule has 0 radical (unpaired) electrons. The SMILES string of the molecule is C[C@@H](Cn1cc(Br)cn1)C(=O)N1N=CC[C@@]1(O)C(F)(F)F. The Morgan fingerprint density at radius 2 is 2.29 bits per heavy atom. The Kier molecular flexibility index (Phi) is 4.11. The van der Waals surface area contributed by atoms with Gasteiger partial charge >= 0.3 is 6.18 Å². The maximum Gasteiger partial charge on any atom is 0.438 e. The van der Waals surface area contributed by atoms with E-state index in [9.17, 15) is 23.1 Å². The van der Waals surface area contributed by atoms with Crippen molar-refractivity contribution in [3.05, 3.63) is 16.9 Å². The standard InChI is InChI=1S/C11H12BrF3N4O2/c1-7(5-18-6-8(12)4-17-18)9(20)19-10(21,2-3-16-19)11(13,14)15/h3-4,6-7,21H,2,5H2,1H3/t7-,10+/m0/s1. The topological polar surface area (TPSA) is 70.7 Å². The van der Waals surface area contributed by atoms with E-state index in [1.807, 2.05) is 0 Å². The van der Waals surface area contributed by atoms with Crippen LogP contribution in [0.1, 0.15) is 13.3 Å². The molecule has 10 heteroatoms. The molecule has 0 aliphatic carbocycles. The van der Waals surface area contributed by atoms with E-state index in [0.29, 0.717) is 4.47 Å². The highest BCUT2D eigenvalue weighted by Crippen LogP contribution is 2.39. The highest BCUT2D eigenvalue weighted by molar-refractivity contribution is 9.10. The number of hydrogen-bond acceptors (Lipinski definition) is 4. The van der Waals surface area contributed by atoms with Crippen molar-refractivity contribution in [1.29, 1.82) is 0 Å². The van der Waals surface area contributed by atoms with Crippen LogP contribution in [0.3, 0.4) is 0 Å². The van der Waals surface area contributed by atoms with Crippen molar-refractivity contribution in [2.24, 2.45) is 11.0 Å². The molecule has 2 heterocycles. The van der Waals surface area contributed by atoms with Gasteiger partial charge in [-0.3, -0.25) is 9.48 Å². The number of halogens is 4. The van der Waals surface area contributed by atoms with Crippen LogP contribution in [0, 0.1) is 5.92 Å². The first-order valence-corrected chi connectivity index (χ1v) is 6.78. The molecular weight excluding hydrogens is 357 g/mol. The molecule has 1 amide bonds. The minimum absolute atomic E-state index is 0.0738. The zero-order chi connectivity index (χ0) is 15.8. The quantitative estimate of drug-likeness (QED) is 0.883. The van der Waals surface area contributed by atoms with Crippen LogP contribution in [0.2, 0.25) is 0 Å². The molecule has 0 bridgehead atoms. The molecule has 6 nitrogen and oxygen atoms in total. The van der Waals surface area contributed by atoms with E-state index in [-0.39, 0.29) is 11.6 Å². The van der Waals surface area contributed by atoms with Crippen LogP contribution in [-0.4, -0.2) is 43.9 Å². The normalized spacial score (nSPS) is 23.6. The van der Waals surface area contributed by atoms with Crippen molar-refractivity contribution in [3.8, 4) is 0 Å². The number of hydrogen-bond donors (Lipinski definition) is 1. The van der Waals surface area contributed by atoms with Gasteiger partial charge in [-0.2, -0.15) is 28.4 Å². The summed E-state index contributed by atoms with van der Waals surface area (Å²) in [6, 6.07) is 0. The summed E-state index contributed by atoms with van der Waals surface area (Å²) >= 11 is 3.18. The largest absolute Gasteiger partial charge is 0.438 e. The van der Waals surface area contributed by atoms with E-state index in [0.717, 1.165) is 6.21 Å². The van der Waals surface area contributed by atoms with Gasteiger partial charge in [0.15, 0.2) is 0 Å². The molecule has 0 fully saturated rings. The number of alkyl halides is 3. The van der Waals surface area contributed by atoms with Crippen LogP contribution in [0.25, 0.3) is 0 Å². The van der Waals surface area contributed by atoms with Gasteiger partial charge in [0.1, 0.15) is 0 Å². The Labute approximate surface area is 126 Å². The average Bonchev–Trinajstić information content (AvgIpc) is 2.95. The van der Waals surface area contributed by atoms with Crippen LogP contribution in [0.4, 0.5) is 13.2 Å². The number of carbonyl (C=O) groups is 1. The lowest BCUT2D eigenvalue weighted by atomic mass is 10.1. The van der Waals surface area contributed by atoms with Crippen molar-refractivity contribution in [3.63, 3.8) is 0 Å². The predicted octanol–water partition coefficient (Wildman–Crippen LogP) is 1.75. The molecule has 0 unspecified atom stereocenters. The molecule has 0 saturated heterocycles. The number of hydrazone groups is 1. The first-order valence-electron chi connectivity index (χ1n) is 5.99. The molecule has 116 valence electrons. The van der Waals surface area contributed by atoms with E-state index in [1.165, 1.54) is 17.8 Å². The highest BCUT2D eigenvalue weighted by Gasteiger charge is 2.61. The van der Waals surface area contributed by atoms with Gasteiger partial charge in [-0.15, -0.1) is 0 Å². The summed E-state index contributed by atoms with van der Waals surface area (Å²) in [5, 5.41) is 17.1. The number of carbonyl (C=O) groups excluding carboxylic acids is 1. The summed E-state index contributed by atoms with van der Waals surface area (Å²) in [5.74, 6) is -1.75. The molecular formula is C11H12BrF3N4O2. The van der Waals surface area contributed by atoms with E-state index < -0.39 is 30.1 Å². The van der Waals surface area contributed by atoms with Gasteiger partial charge in [-0.1, -0.05) is 6.92 Å². The summed E-state index contributed by atoms with van der Waals surface area (Å²) in [5.41, 5.74) is -3.27. The first kappa shape index (κ1) is 16.0. The van der Waals surface area contributed by atoms with E-state index in [2.05, 4.69) is 26.1 Å². The van der Waals surface area contributed by atoms with Crippen LogP contribution in [0.15, 0.2) is 22.0 Å². The molecule has 0 aromatic carbocycles. The van der Waals surface area contributed by atoms with Crippen LogP contribution in [0.5, 0.6) is 0 Å². The molecule has 1 aliphatic heterocycles. The Morgan fingerprint density at radius 3 is 2.81 bits per heavy atom. The third-order valence-electron chi connectivity index (χ3n) is 3.07. The van der Waals surface area contributed by atoms with Gasteiger partial charge < -0.3 is 5.11 Å². The molecule has 2 atom stereocenters. The maximum atomic E-state index is 12.9. The van der Waals surface area contributed by atoms with E-state index >= 15 is 0 Å². The van der Waals surface area contributed by atoms with Crippen molar-refractivity contribution < 1.29 is 23.1 Å². The van der Waals surface area contributed by atoms with Crippen molar-refractivity contribution in [2.45, 2.75) is 31.8 Å². The van der Waals surface area contributed by atoms with Crippen LogP contribution in [-0.2, 0) is 11.3 Å². The van der Waals surface area contributed by atoms with Crippen molar-refractivity contribution >= 4 is 28.1 Å². The highest BCUT2D eigenvalue weighted by atomic mass is 79.9. The number of aliphatic hydroxyl groups is 1. The van der Waals surface area contributed by atoms with Gasteiger partial charge in [0.2, 0.25) is 5.91 Å². The lowest BCUT2D eigenvalue weighted by molar-refractivity contribution is -0.303. The minimum Gasteiger partial charge on any atom is -0.362 e. The second kappa shape index (κ2) is 5.41. The summed E-state index contributed by atoms with van der Waals surface area (Å²) in [4.78, 5) is 12.1. The fraction of sp³-hybridized carbons (Fsp3) is 0.545. The number of aromatic nitrogens is 2. The fourth-order valence-corrected chi connectivity index (χ4v) is 2.24. The van der Waals surface area contributed by atoms with Crippen LogP contribution >= 0.6 is 15.9 Å². The summed E-state index contributed by atoms with van der Waals surface area (Å²) < 4.78 is 40.8. The van der Waals surface area contributed by atoms with E-state index in [4.69, 9.17) is 0 Å².